The Kier molecular flexibility index (Phi) is 6.14. The molecule has 7 nitrogen and oxygen atoms in total. The molecule has 0 bridgehead atoms. The molecule has 1 N–H and O–H groups in total. The molecule has 3 rings (SSSR count). The van der Waals surface area contributed by atoms with Crippen molar-refractivity contribution >= 4 is 21.6 Å². The molecule has 2 aromatic rings. The first-order valence-electron chi connectivity index (χ1n) is 9.51. The quantitative estimate of drug-likeness (QED) is 0.809. The van der Waals surface area contributed by atoms with Crippen LogP contribution in [0.1, 0.15) is 29.8 Å². The summed E-state index contributed by atoms with van der Waals surface area (Å²) in [6.07, 6.45) is 0. The molecule has 1 amide bonds. The molecule has 1 aliphatic rings. The van der Waals surface area contributed by atoms with Gasteiger partial charge in [0.1, 0.15) is 10.6 Å². The standard InChI is InChI=1S/C21H27N3O4S/c1-15(2)22-29(26,27)20-13-16(9-10-19(20)28-4)21(25)24-12-11-23(3)18-8-6-5-7-17(18)14-24/h5-10,13,15,22H,11-12,14H2,1-4H3. The minimum atomic E-state index is -3.81. The number of nitrogens with zero attached hydrogens (tertiary/aromatic N) is 2. The van der Waals surface area contributed by atoms with Gasteiger partial charge in [0.15, 0.2) is 0 Å². The number of rotatable bonds is 5. The average Bonchev–Trinajstić information content (AvgIpc) is 2.85. The summed E-state index contributed by atoms with van der Waals surface area (Å²) in [5, 5.41) is 0. The van der Waals surface area contributed by atoms with Gasteiger partial charge in [0.2, 0.25) is 10.0 Å². The summed E-state index contributed by atoms with van der Waals surface area (Å²) >= 11 is 0. The molecule has 29 heavy (non-hydrogen) atoms. The fraction of sp³-hybridized carbons (Fsp3) is 0.381. The molecule has 1 heterocycles. The van der Waals surface area contributed by atoms with E-state index in [9.17, 15) is 13.2 Å². The molecule has 8 heteroatoms. The summed E-state index contributed by atoms with van der Waals surface area (Å²) in [6.45, 7) is 5.19. The van der Waals surface area contributed by atoms with Crippen molar-refractivity contribution in [3.05, 3.63) is 53.6 Å². The van der Waals surface area contributed by atoms with Crippen molar-refractivity contribution in [2.75, 3.05) is 32.1 Å². The molecule has 0 saturated heterocycles. The first-order valence-corrected chi connectivity index (χ1v) is 11.0. The number of para-hydroxylation sites is 1. The number of sulfonamides is 1. The molecule has 0 fully saturated rings. The summed E-state index contributed by atoms with van der Waals surface area (Å²) in [5.41, 5.74) is 2.47. The number of amides is 1. The van der Waals surface area contributed by atoms with Gasteiger partial charge in [0.05, 0.1) is 7.11 Å². The molecule has 0 aliphatic carbocycles. The van der Waals surface area contributed by atoms with Gasteiger partial charge >= 0.3 is 0 Å². The number of fused-ring (bicyclic) bond motifs is 1. The molecule has 0 atom stereocenters. The number of ether oxygens (including phenoxy) is 1. The van der Waals surface area contributed by atoms with E-state index in [4.69, 9.17) is 4.74 Å². The molecule has 0 saturated carbocycles. The second-order valence-electron chi connectivity index (χ2n) is 7.42. The van der Waals surface area contributed by atoms with Crippen molar-refractivity contribution in [2.45, 2.75) is 31.3 Å². The Bertz CT molecular complexity index is 1000. The lowest BCUT2D eigenvalue weighted by molar-refractivity contribution is 0.0751. The van der Waals surface area contributed by atoms with Crippen LogP contribution in [0, 0.1) is 0 Å². The van der Waals surface area contributed by atoms with Crippen molar-refractivity contribution in [2.24, 2.45) is 0 Å². The number of carbonyl (C=O) groups excluding carboxylic acids is 1. The Balaban J connectivity index is 1.95. The van der Waals surface area contributed by atoms with Crippen LogP contribution in [0.15, 0.2) is 47.4 Å². The molecular weight excluding hydrogens is 390 g/mol. The van der Waals surface area contributed by atoms with Crippen LogP contribution in [0.3, 0.4) is 0 Å². The zero-order chi connectivity index (χ0) is 21.2. The van der Waals surface area contributed by atoms with Crippen LogP contribution in [0.2, 0.25) is 0 Å². The van der Waals surface area contributed by atoms with Gasteiger partial charge in [0, 0.05) is 44.0 Å². The molecule has 1 aliphatic heterocycles. The van der Waals surface area contributed by atoms with E-state index in [-0.39, 0.29) is 22.6 Å². The Morgan fingerprint density at radius 2 is 1.86 bits per heavy atom. The van der Waals surface area contributed by atoms with Gasteiger partial charge in [-0.25, -0.2) is 13.1 Å². The summed E-state index contributed by atoms with van der Waals surface area (Å²) in [4.78, 5) is 17.1. The van der Waals surface area contributed by atoms with Gasteiger partial charge in [-0.2, -0.15) is 0 Å². The number of hydrogen-bond acceptors (Lipinski definition) is 5. The van der Waals surface area contributed by atoms with Crippen LogP contribution >= 0.6 is 0 Å². The number of methoxy groups -OCH3 is 1. The zero-order valence-electron chi connectivity index (χ0n) is 17.2. The number of likely N-dealkylation sites (N-methyl/N-ethyl adjacent to an activating group) is 1. The molecule has 0 spiro atoms. The van der Waals surface area contributed by atoms with E-state index in [2.05, 4.69) is 9.62 Å². The lowest BCUT2D eigenvalue weighted by Gasteiger charge is -2.22. The van der Waals surface area contributed by atoms with Gasteiger partial charge < -0.3 is 14.5 Å². The van der Waals surface area contributed by atoms with Crippen LogP contribution in [0.4, 0.5) is 5.69 Å². The van der Waals surface area contributed by atoms with Crippen molar-refractivity contribution in [1.29, 1.82) is 0 Å². The smallest absolute Gasteiger partial charge is 0.254 e. The van der Waals surface area contributed by atoms with Crippen LogP contribution in [-0.2, 0) is 16.6 Å². The monoisotopic (exact) mass is 417 g/mol. The highest BCUT2D eigenvalue weighted by Gasteiger charge is 2.26. The van der Waals surface area contributed by atoms with Crippen molar-refractivity contribution < 1.29 is 17.9 Å². The maximum Gasteiger partial charge on any atom is 0.254 e. The summed E-state index contributed by atoms with van der Waals surface area (Å²) in [5.74, 6) is -0.00519. The summed E-state index contributed by atoms with van der Waals surface area (Å²) in [6, 6.07) is 12.2. The normalized spacial score (nSPS) is 14.5. The molecular formula is C21H27N3O4S. The van der Waals surface area contributed by atoms with Crippen LogP contribution in [0.5, 0.6) is 5.75 Å². The second-order valence-corrected chi connectivity index (χ2v) is 9.10. The van der Waals surface area contributed by atoms with Gasteiger partial charge in [-0.1, -0.05) is 18.2 Å². The van der Waals surface area contributed by atoms with Crippen LogP contribution in [-0.4, -0.2) is 52.5 Å². The fourth-order valence-electron chi connectivity index (χ4n) is 3.44. The third kappa shape index (κ3) is 4.54. The summed E-state index contributed by atoms with van der Waals surface area (Å²) < 4.78 is 33.2. The molecule has 0 aromatic heterocycles. The Hall–Kier alpha value is -2.58. The maximum atomic E-state index is 13.2. The number of carbonyl (C=O) groups is 1. The van der Waals surface area contributed by atoms with E-state index in [1.807, 2.05) is 31.3 Å². The van der Waals surface area contributed by atoms with E-state index in [0.717, 1.165) is 11.3 Å². The Labute approximate surface area is 172 Å². The largest absolute Gasteiger partial charge is 0.495 e. The zero-order valence-corrected chi connectivity index (χ0v) is 18.0. The third-order valence-electron chi connectivity index (χ3n) is 4.85. The van der Waals surface area contributed by atoms with Gasteiger partial charge in [-0.15, -0.1) is 0 Å². The Morgan fingerprint density at radius 1 is 1.14 bits per heavy atom. The predicted molar refractivity (Wildman–Crippen MR) is 113 cm³/mol. The Morgan fingerprint density at radius 3 is 2.55 bits per heavy atom. The number of nitrogens with one attached hydrogen (secondary N) is 1. The van der Waals surface area contributed by atoms with Crippen LogP contribution in [0.25, 0.3) is 0 Å². The van der Waals surface area contributed by atoms with E-state index in [1.165, 1.54) is 19.2 Å². The molecule has 2 aromatic carbocycles. The minimum absolute atomic E-state index is 0.0353. The van der Waals surface area contributed by atoms with Crippen molar-refractivity contribution in [3.8, 4) is 5.75 Å². The number of anilines is 1. The highest BCUT2D eigenvalue weighted by atomic mass is 32.2. The van der Waals surface area contributed by atoms with E-state index >= 15 is 0 Å². The fourth-order valence-corrected chi connectivity index (χ4v) is 4.89. The first kappa shape index (κ1) is 21.1. The highest BCUT2D eigenvalue weighted by molar-refractivity contribution is 7.89. The van der Waals surface area contributed by atoms with Crippen LogP contribution < -0.4 is 14.4 Å². The number of benzene rings is 2. The number of hydrogen-bond donors (Lipinski definition) is 1. The maximum absolute atomic E-state index is 13.2. The first-order chi connectivity index (χ1) is 13.7. The SMILES string of the molecule is COc1ccc(C(=O)N2CCN(C)c3ccccc3C2)cc1S(=O)(=O)NC(C)C. The second kappa shape index (κ2) is 8.42. The third-order valence-corrected chi connectivity index (χ3v) is 6.53. The molecule has 156 valence electrons. The van der Waals surface area contributed by atoms with Gasteiger partial charge in [0.25, 0.3) is 5.91 Å². The lowest BCUT2D eigenvalue weighted by atomic mass is 10.1. The highest BCUT2D eigenvalue weighted by Crippen LogP contribution is 2.28. The van der Waals surface area contributed by atoms with Gasteiger partial charge in [-0.3, -0.25) is 4.79 Å². The molecule has 0 radical (unpaired) electrons. The molecule has 0 unspecified atom stereocenters. The predicted octanol–water partition coefficient (Wildman–Crippen LogP) is 2.47. The van der Waals surface area contributed by atoms with Crippen molar-refractivity contribution in [3.63, 3.8) is 0 Å². The lowest BCUT2D eigenvalue weighted by Crippen LogP contribution is -2.34. The van der Waals surface area contributed by atoms with E-state index in [1.54, 1.807) is 24.8 Å². The van der Waals surface area contributed by atoms with E-state index in [0.29, 0.717) is 25.2 Å². The van der Waals surface area contributed by atoms with Crippen molar-refractivity contribution in [1.82, 2.24) is 9.62 Å². The van der Waals surface area contributed by atoms with Gasteiger partial charge in [-0.05, 0) is 43.7 Å². The average molecular weight is 418 g/mol. The topological polar surface area (TPSA) is 79.0 Å². The van der Waals surface area contributed by atoms with E-state index < -0.39 is 10.0 Å². The minimum Gasteiger partial charge on any atom is -0.495 e. The summed E-state index contributed by atoms with van der Waals surface area (Å²) in [7, 11) is -0.396.